The Bertz CT molecular complexity index is 588. The lowest BCUT2D eigenvalue weighted by molar-refractivity contribution is -0.149. The summed E-state index contributed by atoms with van der Waals surface area (Å²) in [6, 6.07) is 5.32. The van der Waals surface area contributed by atoms with E-state index in [0.717, 1.165) is 36.9 Å². The number of aryl methyl sites for hydroxylation is 1. The third-order valence-electron chi connectivity index (χ3n) is 4.09. The molecule has 6 heteroatoms. The molecule has 2 rings (SSSR count). The van der Waals surface area contributed by atoms with Crippen molar-refractivity contribution in [2.45, 2.75) is 57.3 Å². The Hall–Kier alpha value is -1.20. The van der Waals surface area contributed by atoms with Gasteiger partial charge in [0.25, 0.3) is 0 Å². The number of hydrogen-bond donors (Lipinski definition) is 1. The summed E-state index contributed by atoms with van der Waals surface area (Å²) in [4.78, 5) is 24.1. The molecule has 1 N–H and O–H groups in total. The van der Waals surface area contributed by atoms with E-state index in [0.29, 0.717) is 5.02 Å². The zero-order chi connectivity index (χ0) is 17.5. The molecular weight excluding hydrogens is 346 g/mol. The van der Waals surface area contributed by atoms with Gasteiger partial charge in [-0.1, -0.05) is 18.0 Å². The first-order chi connectivity index (χ1) is 11.5. The zero-order valence-electron chi connectivity index (χ0n) is 14.1. The lowest BCUT2D eigenvalue weighted by atomic mass is 9.98. The summed E-state index contributed by atoms with van der Waals surface area (Å²) in [6.07, 6.45) is 5.45. The van der Waals surface area contributed by atoms with Crippen LogP contribution in [0.15, 0.2) is 18.2 Å². The summed E-state index contributed by atoms with van der Waals surface area (Å²) in [5.74, 6) is -0.145. The number of anilines is 1. The maximum Gasteiger partial charge on any atom is 0.319 e. The van der Waals surface area contributed by atoms with Crippen LogP contribution in [0.1, 0.15) is 44.6 Å². The Kier molecular flexibility index (Phi) is 7.43. The molecule has 1 aliphatic carbocycles. The van der Waals surface area contributed by atoms with Crippen molar-refractivity contribution in [3.05, 3.63) is 28.8 Å². The number of nitrogens with one attached hydrogen (secondary N) is 1. The van der Waals surface area contributed by atoms with Crippen LogP contribution in [-0.2, 0) is 14.3 Å². The van der Waals surface area contributed by atoms with Crippen molar-refractivity contribution in [2.75, 3.05) is 11.1 Å². The molecule has 0 radical (unpaired) electrons. The fraction of sp³-hybridized carbons (Fsp3) is 0.556. The quantitative estimate of drug-likeness (QED) is 0.745. The summed E-state index contributed by atoms with van der Waals surface area (Å²) in [5, 5.41) is 3.14. The Morgan fingerprint density at radius 1 is 1.33 bits per heavy atom. The lowest BCUT2D eigenvalue weighted by Gasteiger charge is -2.23. The van der Waals surface area contributed by atoms with Crippen molar-refractivity contribution in [2.24, 2.45) is 0 Å². The highest BCUT2D eigenvalue weighted by Crippen LogP contribution is 2.23. The summed E-state index contributed by atoms with van der Waals surface area (Å²) in [5.41, 5.74) is 1.65. The van der Waals surface area contributed by atoms with Crippen molar-refractivity contribution >= 4 is 40.9 Å². The van der Waals surface area contributed by atoms with Crippen LogP contribution in [0, 0.1) is 6.92 Å². The maximum absolute atomic E-state index is 12.1. The minimum atomic E-state index is -0.344. The van der Waals surface area contributed by atoms with E-state index < -0.39 is 0 Å². The molecular formula is C18H24ClNO3S. The predicted octanol–water partition coefficient (Wildman–Crippen LogP) is 4.58. The molecule has 1 fully saturated rings. The van der Waals surface area contributed by atoms with Gasteiger partial charge in [0.1, 0.15) is 11.4 Å². The second kappa shape index (κ2) is 9.33. The van der Waals surface area contributed by atoms with Crippen LogP contribution in [0.25, 0.3) is 0 Å². The number of hydrogen-bond acceptors (Lipinski definition) is 4. The van der Waals surface area contributed by atoms with E-state index in [4.69, 9.17) is 16.3 Å². The molecule has 1 aliphatic rings. The Labute approximate surface area is 152 Å². The SMILES string of the molecule is Cc1cc(Cl)ccc1NC(=O)CSC(C)C(=O)OC1CCCCC1. The van der Waals surface area contributed by atoms with Gasteiger partial charge in [-0.15, -0.1) is 11.8 Å². The first kappa shape index (κ1) is 19.1. The van der Waals surface area contributed by atoms with Crippen molar-refractivity contribution in [1.29, 1.82) is 0 Å². The predicted molar refractivity (Wildman–Crippen MR) is 99.7 cm³/mol. The second-order valence-electron chi connectivity index (χ2n) is 6.16. The molecule has 1 unspecified atom stereocenters. The fourth-order valence-corrected chi connectivity index (χ4v) is 3.56. The van der Waals surface area contributed by atoms with Crippen molar-refractivity contribution in [3.8, 4) is 0 Å². The molecule has 1 aromatic rings. The Morgan fingerprint density at radius 2 is 2.04 bits per heavy atom. The molecule has 0 aromatic heterocycles. The van der Waals surface area contributed by atoms with Crippen molar-refractivity contribution < 1.29 is 14.3 Å². The molecule has 4 nitrogen and oxygen atoms in total. The summed E-state index contributed by atoms with van der Waals surface area (Å²) in [6.45, 7) is 3.68. The molecule has 1 saturated carbocycles. The maximum atomic E-state index is 12.1. The van der Waals surface area contributed by atoms with Crippen molar-refractivity contribution in [1.82, 2.24) is 0 Å². The number of amides is 1. The molecule has 0 bridgehead atoms. The Balaban J connectivity index is 1.74. The monoisotopic (exact) mass is 369 g/mol. The summed E-state index contributed by atoms with van der Waals surface area (Å²) in [7, 11) is 0. The van der Waals surface area contributed by atoms with E-state index >= 15 is 0 Å². The van der Waals surface area contributed by atoms with Gasteiger partial charge in [0.05, 0.1) is 5.75 Å². The largest absolute Gasteiger partial charge is 0.462 e. The molecule has 0 aliphatic heterocycles. The van der Waals surface area contributed by atoms with Crippen LogP contribution in [0.4, 0.5) is 5.69 Å². The summed E-state index contributed by atoms with van der Waals surface area (Å²) < 4.78 is 5.53. The third kappa shape index (κ3) is 6.02. The van der Waals surface area contributed by atoms with Gasteiger partial charge < -0.3 is 10.1 Å². The third-order valence-corrected chi connectivity index (χ3v) is 5.45. The van der Waals surface area contributed by atoms with Crippen LogP contribution in [0.5, 0.6) is 0 Å². The number of benzene rings is 1. The summed E-state index contributed by atoms with van der Waals surface area (Å²) >= 11 is 7.20. The van der Waals surface area contributed by atoms with Crippen LogP contribution in [0.2, 0.25) is 5.02 Å². The zero-order valence-corrected chi connectivity index (χ0v) is 15.7. The van der Waals surface area contributed by atoms with E-state index in [1.54, 1.807) is 25.1 Å². The van der Waals surface area contributed by atoms with Gasteiger partial charge in [-0.2, -0.15) is 0 Å². The molecule has 0 spiro atoms. The molecule has 1 aromatic carbocycles. The van der Waals surface area contributed by atoms with Crippen molar-refractivity contribution in [3.63, 3.8) is 0 Å². The molecule has 1 atom stereocenters. The molecule has 132 valence electrons. The number of esters is 1. The number of carbonyl (C=O) groups excluding carboxylic acids is 2. The van der Waals surface area contributed by atoms with Crippen LogP contribution >= 0.6 is 23.4 Å². The van der Waals surface area contributed by atoms with E-state index in [1.807, 2.05) is 6.92 Å². The minimum Gasteiger partial charge on any atom is -0.462 e. The normalized spacial score (nSPS) is 16.5. The van der Waals surface area contributed by atoms with Gasteiger partial charge in [-0.05, 0) is 63.3 Å². The fourth-order valence-electron chi connectivity index (χ4n) is 2.67. The van der Waals surface area contributed by atoms with E-state index in [-0.39, 0.29) is 29.0 Å². The highest BCUT2D eigenvalue weighted by atomic mass is 35.5. The first-order valence-corrected chi connectivity index (χ1v) is 9.76. The molecule has 1 amide bonds. The van der Waals surface area contributed by atoms with Gasteiger partial charge in [0, 0.05) is 10.7 Å². The van der Waals surface area contributed by atoms with Gasteiger partial charge in [0.15, 0.2) is 0 Å². The first-order valence-electron chi connectivity index (χ1n) is 8.34. The molecule has 24 heavy (non-hydrogen) atoms. The van der Waals surface area contributed by atoms with Crippen LogP contribution in [0.3, 0.4) is 0 Å². The number of ether oxygens (including phenoxy) is 1. The van der Waals surface area contributed by atoms with Crippen LogP contribution < -0.4 is 5.32 Å². The van der Waals surface area contributed by atoms with Gasteiger partial charge >= 0.3 is 5.97 Å². The highest BCUT2D eigenvalue weighted by Gasteiger charge is 2.22. The molecule has 0 saturated heterocycles. The standard InChI is InChI=1S/C18H24ClNO3S/c1-12-10-14(19)8-9-16(12)20-17(21)11-24-13(2)18(22)23-15-6-4-3-5-7-15/h8-10,13,15H,3-7,11H2,1-2H3,(H,20,21). The number of halogens is 1. The van der Waals surface area contributed by atoms with Gasteiger partial charge in [-0.25, -0.2) is 0 Å². The number of rotatable bonds is 6. The number of carbonyl (C=O) groups is 2. The average Bonchev–Trinajstić information content (AvgIpc) is 2.56. The van der Waals surface area contributed by atoms with E-state index in [9.17, 15) is 9.59 Å². The Morgan fingerprint density at radius 3 is 2.71 bits per heavy atom. The smallest absolute Gasteiger partial charge is 0.319 e. The highest BCUT2D eigenvalue weighted by molar-refractivity contribution is 8.01. The topological polar surface area (TPSA) is 55.4 Å². The minimum absolute atomic E-state index is 0.0554. The number of thioether (sulfide) groups is 1. The van der Waals surface area contributed by atoms with Gasteiger partial charge in [-0.3, -0.25) is 9.59 Å². The van der Waals surface area contributed by atoms with E-state index in [2.05, 4.69) is 5.32 Å². The van der Waals surface area contributed by atoms with Gasteiger partial charge in [0.2, 0.25) is 5.91 Å². The second-order valence-corrected chi connectivity index (χ2v) is 7.92. The average molecular weight is 370 g/mol. The molecule has 0 heterocycles. The van der Waals surface area contributed by atoms with Crippen LogP contribution in [-0.4, -0.2) is 29.0 Å². The van der Waals surface area contributed by atoms with E-state index in [1.165, 1.54) is 18.2 Å². The lowest BCUT2D eigenvalue weighted by Crippen LogP contribution is -2.27.